The predicted molar refractivity (Wildman–Crippen MR) is 87.1 cm³/mol. The molecule has 1 aromatic heterocycles. The summed E-state index contributed by atoms with van der Waals surface area (Å²) in [6.07, 6.45) is 2.04. The molecule has 0 aliphatic carbocycles. The van der Waals surface area contributed by atoms with Crippen molar-refractivity contribution >= 4 is 16.8 Å². The van der Waals surface area contributed by atoms with Gasteiger partial charge in [-0.05, 0) is 35.9 Å². The van der Waals surface area contributed by atoms with Gasteiger partial charge in [0.25, 0.3) is 5.91 Å². The van der Waals surface area contributed by atoms with E-state index in [0.717, 1.165) is 22.2 Å². The molecule has 0 fully saturated rings. The van der Waals surface area contributed by atoms with Crippen LogP contribution in [0.4, 0.5) is 0 Å². The highest BCUT2D eigenvalue weighted by molar-refractivity contribution is 5.94. The molecule has 4 heteroatoms. The van der Waals surface area contributed by atoms with Crippen LogP contribution in [0.1, 0.15) is 15.9 Å². The molecule has 0 saturated carbocycles. The van der Waals surface area contributed by atoms with Crippen LogP contribution in [-0.2, 0) is 13.6 Å². The second-order valence-electron chi connectivity index (χ2n) is 5.20. The fourth-order valence-electron chi connectivity index (χ4n) is 2.59. The number of aryl methyl sites for hydroxylation is 1. The summed E-state index contributed by atoms with van der Waals surface area (Å²) in [7, 11) is 3.65. The van der Waals surface area contributed by atoms with Crippen LogP contribution in [0.3, 0.4) is 0 Å². The van der Waals surface area contributed by atoms with E-state index in [4.69, 9.17) is 4.74 Å². The van der Waals surface area contributed by atoms with Gasteiger partial charge in [-0.1, -0.05) is 18.2 Å². The highest BCUT2D eigenvalue weighted by Crippen LogP contribution is 2.25. The molecule has 0 aliphatic rings. The Morgan fingerprint density at radius 1 is 1.18 bits per heavy atom. The number of carbonyl (C=O) groups excluding carboxylic acids is 1. The molecule has 0 aliphatic heterocycles. The van der Waals surface area contributed by atoms with Gasteiger partial charge in [0.1, 0.15) is 5.75 Å². The summed E-state index contributed by atoms with van der Waals surface area (Å²) in [6.45, 7) is 0.484. The van der Waals surface area contributed by atoms with E-state index >= 15 is 0 Å². The smallest absolute Gasteiger partial charge is 0.251 e. The Hall–Kier alpha value is -2.75. The summed E-state index contributed by atoms with van der Waals surface area (Å²) in [5, 5.41) is 4.06. The van der Waals surface area contributed by atoms with E-state index in [9.17, 15) is 4.79 Å². The predicted octanol–water partition coefficient (Wildman–Crippen LogP) is 3.12. The topological polar surface area (TPSA) is 43.3 Å². The molecule has 1 N–H and O–H groups in total. The number of aromatic nitrogens is 1. The Morgan fingerprint density at radius 3 is 2.68 bits per heavy atom. The van der Waals surface area contributed by atoms with Gasteiger partial charge >= 0.3 is 0 Å². The van der Waals surface area contributed by atoms with Crippen LogP contribution in [-0.4, -0.2) is 17.6 Å². The minimum Gasteiger partial charge on any atom is -0.497 e. The molecule has 0 bridgehead atoms. The lowest BCUT2D eigenvalue weighted by Gasteiger charge is -2.05. The first-order valence-electron chi connectivity index (χ1n) is 7.14. The molecule has 0 saturated heterocycles. The van der Waals surface area contributed by atoms with Crippen molar-refractivity contribution in [3.05, 3.63) is 65.9 Å². The van der Waals surface area contributed by atoms with Gasteiger partial charge < -0.3 is 14.6 Å². The quantitative estimate of drug-likeness (QED) is 0.803. The van der Waals surface area contributed by atoms with Crippen LogP contribution in [0.15, 0.2) is 54.7 Å². The molecule has 22 heavy (non-hydrogen) atoms. The zero-order valence-corrected chi connectivity index (χ0v) is 12.7. The number of benzene rings is 2. The van der Waals surface area contributed by atoms with E-state index in [1.807, 2.05) is 61.8 Å². The fourth-order valence-corrected chi connectivity index (χ4v) is 2.59. The lowest BCUT2D eigenvalue weighted by atomic mass is 10.1. The average molecular weight is 294 g/mol. The molecule has 112 valence electrons. The first-order valence-corrected chi connectivity index (χ1v) is 7.14. The Balaban J connectivity index is 1.83. The average Bonchev–Trinajstić information content (AvgIpc) is 2.89. The monoisotopic (exact) mass is 294 g/mol. The summed E-state index contributed by atoms with van der Waals surface area (Å²) >= 11 is 0. The number of nitrogens with zero attached hydrogens (tertiary/aromatic N) is 1. The number of amides is 1. The Bertz CT molecular complexity index is 807. The third-order valence-corrected chi connectivity index (χ3v) is 3.75. The number of ether oxygens (including phenoxy) is 1. The Morgan fingerprint density at radius 2 is 1.95 bits per heavy atom. The largest absolute Gasteiger partial charge is 0.497 e. The summed E-state index contributed by atoms with van der Waals surface area (Å²) in [5.74, 6) is 0.745. The molecule has 4 nitrogen and oxygen atoms in total. The van der Waals surface area contributed by atoms with Crippen LogP contribution in [0, 0.1) is 0 Å². The van der Waals surface area contributed by atoms with E-state index in [1.54, 1.807) is 7.11 Å². The molecule has 1 heterocycles. The van der Waals surface area contributed by atoms with Crippen LogP contribution < -0.4 is 10.1 Å². The summed E-state index contributed by atoms with van der Waals surface area (Å²) in [4.78, 5) is 12.1. The van der Waals surface area contributed by atoms with Gasteiger partial charge in [-0.15, -0.1) is 0 Å². The Labute approximate surface area is 129 Å². The van der Waals surface area contributed by atoms with E-state index in [-0.39, 0.29) is 5.91 Å². The number of nitrogens with one attached hydrogen (secondary N) is 1. The van der Waals surface area contributed by atoms with Crippen molar-refractivity contribution in [2.45, 2.75) is 6.54 Å². The maximum absolute atomic E-state index is 12.1. The van der Waals surface area contributed by atoms with Crippen LogP contribution in [0.25, 0.3) is 10.9 Å². The van der Waals surface area contributed by atoms with Gasteiger partial charge in [0.15, 0.2) is 0 Å². The molecule has 3 aromatic rings. The minimum absolute atomic E-state index is 0.0690. The first kappa shape index (κ1) is 14.2. The van der Waals surface area contributed by atoms with Gasteiger partial charge in [0.05, 0.1) is 7.11 Å². The molecule has 0 radical (unpaired) electrons. The third-order valence-electron chi connectivity index (χ3n) is 3.75. The van der Waals surface area contributed by atoms with Crippen molar-refractivity contribution < 1.29 is 9.53 Å². The minimum atomic E-state index is -0.0690. The van der Waals surface area contributed by atoms with Crippen molar-refractivity contribution in [2.24, 2.45) is 7.05 Å². The standard InChI is InChI=1S/C18H18N2O2/c1-20-12-14(16-10-15(22-2)8-9-17(16)20)11-19-18(21)13-6-4-3-5-7-13/h3-10,12H,11H2,1-2H3,(H,19,21). The second kappa shape index (κ2) is 5.93. The van der Waals surface area contributed by atoms with Crippen LogP contribution >= 0.6 is 0 Å². The van der Waals surface area contributed by atoms with E-state index < -0.39 is 0 Å². The van der Waals surface area contributed by atoms with Gasteiger partial charge in [0, 0.05) is 36.3 Å². The lowest BCUT2D eigenvalue weighted by molar-refractivity contribution is 0.0951. The molecular weight excluding hydrogens is 276 g/mol. The van der Waals surface area contributed by atoms with Crippen LogP contribution in [0.5, 0.6) is 5.75 Å². The van der Waals surface area contributed by atoms with E-state index in [1.165, 1.54) is 0 Å². The maximum atomic E-state index is 12.1. The zero-order valence-electron chi connectivity index (χ0n) is 12.7. The van der Waals surface area contributed by atoms with Crippen LogP contribution in [0.2, 0.25) is 0 Å². The van der Waals surface area contributed by atoms with Crippen molar-refractivity contribution in [1.82, 2.24) is 9.88 Å². The third kappa shape index (κ3) is 2.68. The second-order valence-corrected chi connectivity index (χ2v) is 5.20. The van der Waals surface area contributed by atoms with Crippen molar-refractivity contribution in [3.63, 3.8) is 0 Å². The lowest BCUT2D eigenvalue weighted by Crippen LogP contribution is -2.22. The first-order chi connectivity index (χ1) is 10.7. The fraction of sp³-hybridized carbons (Fsp3) is 0.167. The summed E-state index contributed by atoms with van der Waals surface area (Å²) in [6, 6.07) is 15.2. The van der Waals surface area contributed by atoms with Crippen molar-refractivity contribution in [2.75, 3.05) is 7.11 Å². The molecule has 3 rings (SSSR count). The molecule has 0 atom stereocenters. The van der Waals surface area contributed by atoms with Gasteiger partial charge in [-0.25, -0.2) is 0 Å². The van der Waals surface area contributed by atoms with E-state index in [2.05, 4.69) is 9.88 Å². The van der Waals surface area contributed by atoms with Gasteiger partial charge in [0.2, 0.25) is 0 Å². The summed E-state index contributed by atoms with van der Waals surface area (Å²) in [5.41, 5.74) is 2.85. The van der Waals surface area contributed by atoms with Gasteiger partial charge in [-0.3, -0.25) is 4.79 Å². The Kier molecular flexibility index (Phi) is 3.83. The number of methoxy groups -OCH3 is 1. The van der Waals surface area contributed by atoms with E-state index in [0.29, 0.717) is 12.1 Å². The number of hydrogen-bond acceptors (Lipinski definition) is 2. The highest BCUT2D eigenvalue weighted by Gasteiger charge is 2.10. The normalized spacial score (nSPS) is 10.6. The number of hydrogen-bond donors (Lipinski definition) is 1. The summed E-state index contributed by atoms with van der Waals surface area (Å²) < 4.78 is 7.34. The molecule has 0 unspecified atom stereocenters. The molecular formula is C18H18N2O2. The number of fused-ring (bicyclic) bond motifs is 1. The highest BCUT2D eigenvalue weighted by atomic mass is 16.5. The number of carbonyl (C=O) groups is 1. The zero-order chi connectivity index (χ0) is 15.5. The SMILES string of the molecule is COc1ccc2c(c1)c(CNC(=O)c1ccccc1)cn2C. The van der Waals surface area contributed by atoms with Crippen molar-refractivity contribution in [1.29, 1.82) is 0 Å². The molecule has 0 spiro atoms. The number of rotatable bonds is 4. The molecule has 2 aromatic carbocycles. The van der Waals surface area contributed by atoms with Crippen molar-refractivity contribution in [3.8, 4) is 5.75 Å². The van der Waals surface area contributed by atoms with Gasteiger partial charge in [-0.2, -0.15) is 0 Å². The molecule has 1 amide bonds. The maximum Gasteiger partial charge on any atom is 0.251 e.